The lowest BCUT2D eigenvalue weighted by Crippen LogP contribution is -2.31. The zero-order valence-electron chi connectivity index (χ0n) is 14.5. The summed E-state index contributed by atoms with van der Waals surface area (Å²) in [6.07, 6.45) is 7.28. The van der Waals surface area contributed by atoms with E-state index in [0.717, 1.165) is 24.5 Å². The van der Waals surface area contributed by atoms with Crippen molar-refractivity contribution in [2.75, 3.05) is 28.6 Å². The van der Waals surface area contributed by atoms with Crippen LogP contribution in [0.25, 0.3) is 0 Å². The summed E-state index contributed by atoms with van der Waals surface area (Å²) in [4.78, 5) is 40.4. The number of carbonyl (C=O) groups excluding carboxylic acids is 2. The number of hydrogen-bond acceptors (Lipinski definition) is 7. The van der Waals surface area contributed by atoms with E-state index in [-0.39, 0.29) is 18.2 Å². The SMILES string of the molecule is O=C1Cc2c(Cl)ncnc2N1.O=C1Cc2c(ncnc2N2CCCCC2)N1. The monoisotopic (exact) mass is 387 g/mol. The summed E-state index contributed by atoms with van der Waals surface area (Å²) in [6.45, 7) is 2.08. The lowest BCUT2D eigenvalue weighted by Gasteiger charge is -2.28. The fourth-order valence-corrected chi connectivity index (χ4v) is 3.58. The summed E-state index contributed by atoms with van der Waals surface area (Å²) >= 11 is 5.69. The van der Waals surface area contributed by atoms with Crippen molar-refractivity contribution in [3.8, 4) is 0 Å². The number of aromatic nitrogens is 4. The van der Waals surface area contributed by atoms with Crippen LogP contribution < -0.4 is 15.5 Å². The van der Waals surface area contributed by atoms with Crippen molar-refractivity contribution < 1.29 is 9.59 Å². The molecule has 3 aliphatic heterocycles. The van der Waals surface area contributed by atoms with Gasteiger partial charge in [0.15, 0.2) is 0 Å². The lowest BCUT2D eigenvalue weighted by molar-refractivity contribution is -0.115. The molecule has 1 fully saturated rings. The van der Waals surface area contributed by atoms with Gasteiger partial charge in [-0.15, -0.1) is 0 Å². The van der Waals surface area contributed by atoms with E-state index in [1.165, 1.54) is 31.9 Å². The summed E-state index contributed by atoms with van der Waals surface area (Å²) in [7, 11) is 0. The molecule has 2 aromatic heterocycles. The van der Waals surface area contributed by atoms with Crippen molar-refractivity contribution in [2.24, 2.45) is 0 Å². The number of piperidine rings is 1. The molecule has 5 heterocycles. The van der Waals surface area contributed by atoms with Crippen molar-refractivity contribution in [2.45, 2.75) is 32.1 Å². The first kappa shape index (κ1) is 17.6. The minimum atomic E-state index is -0.0811. The quantitative estimate of drug-likeness (QED) is 0.714. The van der Waals surface area contributed by atoms with E-state index in [0.29, 0.717) is 28.8 Å². The maximum Gasteiger partial charge on any atom is 0.230 e. The van der Waals surface area contributed by atoms with E-state index in [1.54, 1.807) is 0 Å². The van der Waals surface area contributed by atoms with E-state index in [9.17, 15) is 9.59 Å². The van der Waals surface area contributed by atoms with Crippen molar-refractivity contribution in [3.05, 3.63) is 28.9 Å². The number of fused-ring (bicyclic) bond motifs is 2. The normalized spacial score (nSPS) is 17.4. The average molecular weight is 388 g/mol. The maximum atomic E-state index is 11.3. The molecule has 2 N–H and O–H groups in total. The van der Waals surface area contributed by atoms with Gasteiger partial charge in [-0.2, -0.15) is 0 Å². The van der Waals surface area contributed by atoms with Crippen LogP contribution in [0, 0.1) is 0 Å². The third kappa shape index (κ3) is 3.68. The highest BCUT2D eigenvalue weighted by molar-refractivity contribution is 6.31. The van der Waals surface area contributed by atoms with Gasteiger partial charge in [0.05, 0.1) is 12.8 Å². The van der Waals surface area contributed by atoms with E-state index in [4.69, 9.17) is 11.6 Å². The van der Waals surface area contributed by atoms with Crippen molar-refractivity contribution in [1.29, 1.82) is 0 Å². The Hall–Kier alpha value is -2.81. The van der Waals surface area contributed by atoms with E-state index >= 15 is 0 Å². The average Bonchev–Trinajstić information content (AvgIpc) is 3.24. The lowest BCUT2D eigenvalue weighted by atomic mass is 10.1. The summed E-state index contributed by atoms with van der Waals surface area (Å²) in [5, 5.41) is 5.68. The molecule has 0 aliphatic carbocycles. The molecular weight excluding hydrogens is 370 g/mol. The fraction of sp³-hybridized carbons (Fsp3) is 0.412. The van der Waals surface area contributed by atoms with Crippen LogP contribution in [0.3, 0.4) is 0 Å². The predicted octanol–water partition coefficient (Wildman–Crippen LogP) is 1.59. The molecule has 3 aliphatic rings. The molecule has 27 heavy (non-hydrogen) atoms. The number of nitrogens with one attached hydrogen (secondary N) is 2. The highest BCUT2D eigenvalue weighted by atomic mass is 35.5. The molecule has 5 rings (SSSR count). The molecule has 9 nitrogen and oxygen atoms in total. The number of carbonyl (C=O) groups is 2. The molecule has 2 amide bonds. The van der Waals surface area contributed by atoms with E-state index < -0.39 is 0 Å². The fourth-order valence-electron chi connectivity index (χ4n) is 3.38. The molecule has 0 saturated carbocycles. The number of rotatable bonds is 1. The van der Waals surface area contributed by atoms with Crippen LogP contribution in [-0.4, -0.2) is 44.8 Å². The largest absolute Gasteiger partial charge is 0.356 e. The molecule has 10 heteroatoms. The summed E-state index contributed by atoms with van der Waals surface area (Å²) in [5.74, 6) is 2.12. The zero-order chi connectivity index (χ0) is 18.8. The van der Waals surface area contributed by atoms with Gasteiger partial charge in [0.25, 0.3) is 0 Å². The minimum Gasteiger partial charge on any atom is -0.356 e. The highest BCUT2D eigenvalue weighted by Crippen LogP contribution is 2.30. The molecule has 0 bridgehead atoms. The number of hydrogen-bond donors (Lipinski definition) is 2. The molecule has 0 aromatic carbocycles. The molecule has 2 aromatic rings. The van der Waals surface area contributed by atoms with E-state index in [2.05, 4.69) is 35.5 Å². The first-order valence-corrected chi connectivity index (χ1v) is 9.17. The Morgan fingerprint density at radius 1 is 0.815 bits per heavy atom. The second kappa shape index (κ2) is 7.43. The molecule has 0 unspecified atom stereocenters. The Kier molecular flexibility index (Phi) is 4.85. The molecule has 0 radical (unpaired) electrons. The van der Waals surface area contributed by atoms with Gasteiger partial charge in [0.1, 0.15) is 35.3 Å². The summed E-state index contributed by atoms with van der Waals surface area (Å²) in [6, 6.07) is 0. The maximum absolute atomic E-state index is 11.3. The third-order valence-electron chi connectivity index (χ3n) is 4.66. The number of nitrogens with zero attached hydrogens (tertiary/aromatic N) is 5. The van der Waals surface area contributed by atoms with Gasteiger partial charge < -0.3 is 15.5 Å². The third-order valence-corrected chi connectivity index (χ3v) is 4.99. The number of halogens is 1. The van der Waals surface area contributed by atoms with Gasteiger partial charge in [-0.1, -0.05) is 11.6 Å². The number of amides is 2. The van der Waals surface area contributed by atoms with Crippen LogP contribution in [0.2, 0.25) is 5.15 Å². The Bertz CT molecular complexity index is 899. The Balaban J connectivity index is 0.000000143. The zero-order valence-corrected chi connectivity index (χ0v) is 15.3. The van der Waals surface area contributed by atoms with Crippen molar-refractivity contribution in [1.82, 2.24) is 19.9 Å². The standard InChI is InChI=1S/C11H14N4O.C6H4ClN3O/c16-9-6-8-10(14-9)12-7-13-11(8)15-4-2-1-3-5-15;7-5-3-1-4(11)10-6(3)9-2-8-5/h7H,1-6H2,(H,12,13,14,16);2H,1H2,(H,8,9,10,11). The van der Waals surface area contributed by atoms with Crippen LogP contribution in [0.5, 0.6) is 0 Å². The molecule has 140 valence electrons. The number of anilines is 3. The Morgan fingerprint density at radius 3 is 2.07 bits per heavy atom. The Morgan fingerprint density at radius 2 is 1.41 bits per heavy atom. The first-order chi connectivity index (χ1) is 13.1. The topological polar surface area (TPSA) is 113 Å². The van der Waals surface area contributed by atoms with Crippen LogP contribution >= 0.6 is 11.6 Å². The van der Waals surface area contributed by atoms with Crippen molar-refractivity contribution in [3.63, 3.8) is 0 Å². The van der Waals surface area contributed by atoms with Crippen LogP contribution in [0.1, 0.15) is 30.4 Å². The van der Waals surface area contributed by atoms with Gasteiger partial charge in [-0.25, -0.2) is 19.9 Å². The molecule has 0 atom stereocenters. The van der Waals surface area contributed by atoms with Gasteiger partial charge in [0.2, 0.25) is 11.8 Å². The molecule has 0 spiro atoms. The predicted molar refractivity (Wildman–Crippen MR) is 99.8 cm³/mol. The van der Waals surface area contributed by atoms with Crippen LogP contribution in [0.4, 0.5) is 17.5 Å². The Labute approximate surface area is 160 Å². The smallest absolute Gasteiger partial charge is 0.230 e. The second-order valence-corrected chi connectivity index (χ2v) is 6.87. The van der Waals surface area contributed by atoms with Gasteiger partial charge >= 0.3 is 0 Å². The second-order valence-electron chi connectivity index (χ2n) is 6.51. The summed E-state index contributed by atoms with van der Waals surface area (Å²) in [5.41, 5.74) is 1.66. The summed E-state index contributed by atoms with van der Waals surface area (Å²) < 4.78 is 0. The highest BCUT2D eigenvalue weighted by Gasteiger charge is 2.26. The minimum absolute atomic E-state index is 0.0220. The van der Waals surface area contributed by atoms with Crippen molar-refractivity contribution >= 4 is 40.9 Å². The molecular formula is C17H18ClN7O2. The van der Waals surface area contributed by atoms with Gasteiger partial charge in [-0.05, 0) is 19.3 Å². The first-order valence-electron chi connectivity index (χ1n) is 8.79. The van der Waals surface area contributed by atoms with Crippen LogP contribution in [0.15, 0.2) is 12.7 Å². The van der Waals surface area contributed by atoms with Crippen LogP contribution in [-0.2, 0) is 22.4 Å². The van der Waals surface area contributed by atoms with Gasteiger partial charge in [-0.3, -0.25) is 9.59 Å². The van der Waals surface area contributed by atoms with E-state index in [1.807, 2.05) is 0 Å². The molecule has 1 saturated heterocycles. The van der Waals surface area contributed by atoms with Gasteiger partial charge in [0, 0.05) is 24.2 Å².